The smallest absolute Gasteiger partial charge is 0.252 e. The Morgan fingerprint density at radius 1 is 1.06 bits per heavy atom. The van der Waals surface area contributed by atoms with Crippen molar-refractivity contribution in [2.45, 2.75) is 25.4 Å². The second-order valence-electron chi connectivity index (χ2n) is 7.60. The van der Waals surface area contributed by atoms with Gasteiger partial charge in [0.25, 0.3) is 5.91 Å². The third-order valence-electron chi connectivity index (χ3n) is 5.42. The number of nitrogens with one attached hydrogen (secondary N) is 1. The maximum absolute atomic E-state index is 14.7. The highest BCUT2D eigenvalue weighted by molar-refractivity contribution is 9.10. The maximum atomic E-state index is 14.7. The zero-order valence-corrected chi connectivity index (χ0v) is 18.4. The van der Waals surface area contributed by atoms with E-state index in [0.29, 0.717) is 28.6 Å². The van der Waals surface area contributed by atoms with E-state index in [2.05, 4.69) is 21.2 Å². The molecule has 1 N–H and O–H groups in total. The van der Waals surface area contributed by atoms with Gasteiger partial charge in [-0.05, 0) is 41.8 Å². The van der Waals surface area contributed by atoms with Crippen LogP contribution in [0.4, 0.5) is 4.39 Å². The van der Waals surface area contributed by atoms with Crippen molar-refractivity contribution in [3.63, 3.8) is 0 Å². The van der Waals surface area contributed by atoms with Crippen molar-refractivity contribution in [1.29, 1.82) is 0 Å². The molecule has 0 spiro atoms. The molecule has 2 amide bonds. The fourth-order valence-corrected chi connectivity index (χ4v) is 4.17. The number of hydrogen-bond donors (Lipinski definition) is 1. The minimum atomic E-state index is -0.634. The first-order chi connectivity index (χ1) is 15.0. The molecular formula is C25H22BrFN2O2. The van der Waals surface area contributed by atoms with Gasteiger partial charge in [-0.1, -0.05) is 64.5 Å². The van der Waals surface area contributed by atoms with Crippen molar-refractivity contribution in [3.8, 4) is 0 Å². The molecule has 0 aromatic heterocycles. The molecule has 4 nitrogen and oxygen atoms in total. The second-order valence-corrected chi connectivity index (χ2v) is 8.52. The lowest BCUT2D eigenvalue weighted by molar-refractivity contribution is -0.128. The number of likely N-dealkylation sites (tertiary alicyclic amines) is 1. The van der Waals surface area contributed by atoms with Crippen LogP contribution in [0.3, 0.4) is 0 Å². The molecule has 3 aromatic carbocycles. The van der Waals surface area contributed by atoms with Crippen LogP contribution in [-0.4, -0.2) is 23.3 Å². The molecular weight excluding hydrogens is 459 g/mol. The Morgan fingerprint density at radius 2 is 1.87 bits per heavy atom. The highest BCUT2D eigenvalue weighted by Crippen LogP contribution is 2.27. The lowest BCUT2D eigenvalue weighted by Gasteiger charge is -2.21. The second kappa shape index (κ2) is 9.43. The first kappa shape index (κ1) is 21.2. The molecule has 1 heterocycles. The number of hydrogen-bond acceptors (Lipinski definition) is 2. The van der Waals surface area contributed by atoms with Gasteiger partial charge in [0.1, 0.15) is 5.82 Å². The van der Waals surface area contributed by atoms with Crippen molar-refractivity contribution in [3.05, 3.63) is 105 Å². The molecule has 6 heteroatoms. The molecule has 0 saturated carbocycles. The normalized spacial score (nSPS) is 14.5. The van der Waals surface area contributed by atoms with Crippen LogP contribution >= 0.6 is 15.9 Å². The highest BCUT2D eigenvalue weighted by atomic mass is 79.9. The molecule has 0 aliphatic carbocycles. The Labute approximate surface area is 189 Å². The number of carbonyl (C=O) groups is 2. The van der Waals surface area contributed by atoms with Crippen LogP contribution < -0.4 is 5.32 Å². The zero-order valence-electron chi connectivity index (χ0n) is 16.9. The number of amides is 2. The average Bonchev–Trinajstić information content (AvgIpc) is 3.17. The van der Waals surface area contributed by atoms with E-state index in [1.807, 2.05) is 42.5 Å². The van der Waals surface area contributed by atoms with E-state index in [9.17, 15) is 14.0 Å². The van der Waals surface area contributed by atoms with Gasteiger partial charge in [-0.2, -0.15) is 0 Å². The van der Waals surface area contributed by atoms with Gasteiger partial charge in [0.2, 0.25) is 5.91 Å². The standard InChI is InChI=1S/C25H22BrFN2O2/c26-20-11-12-21(22(27)15-20)24(18-7-2-1-3-8-18)28-25(31)19-9-4-6-17(14-19)16-29-13-5-10-23(29)30/h1-4,6-9,11-12,14-15,24H,5,10,13,16H2,(H,28,31). The summed E-state index contributed by atoms with van der Waals surface area (Å²) in [5.41, 5.74) is 2.55. The lowest BCUT2D eigenvalue weighted by Crippen LogP contribution is -2.30. The Balaban J connectivity index is 1.59. The first-order valence-electron chi connectivity index (χ1n) is 10.2. The van der Waals surface area contributed by atoms with Crippen molar-refractivity contribution < 1.29 is 14.0 Å². The Hall–Kier alpha value is -2.99. The van der Waals surface area contributed by atoms with Gasteiger partial charge in [0.15, 0.2) is 0 Å². The number of benzene rings is 3. The van der Waals surface area contributed by atoms with E-state index >= 15 is 0 Å². The predicted octanol–water partition coefficient (Wildman–Crippen LogP) is 5.23. The minimum Gasteiger partial charge on any atom is -0.341 e. The molecule has 1 aliphatic rings. The molecule has 0 radical (unpaired) electrons. The SMILES string of the molecule is O=C(NC(c1ccccc1)c1ccc(Br)cc1F)c1cccc(CN2CCCC2=O)c1. The summed E-state index contributed by atoms with van der Waals surface area (Å²) in [6.45, 7) is 1.23. The highest BCUT2D eigenvalue weighted by Gasteiger charge is 2.23. The molecule has 31 heavy (non-hydrogen) atoms. The quantitative estimate of drug-likeness (QED) is 0.524. The molecule has 1 aliphatic heterocycles. The van der Waals surface area contributed by atoms with Crippen LogP contribution in [0.25, 0.3) is 0 Å². The number of carbonyl (C=O) groups excluding carboxylic acids is 2. The molecule has 0 bridgehead atoms. The van der Waals surface area contributed by atoms with Gasteiger partial charge in [-0.15, -0.1) is 0 Å². The van der Waals surface area contributed by atoms with E-state index in [1.54, 1.807) is 29.2 Å². The Kier molecular flexibility index (Phi) is 6.47. The van der Waals surface area contributed by atoms with Crippen LogP contribution in [-0.2, 0) is 11.3 Å². The summed E-state index contributed by atoms with van der Waals surface area (Å²) in [5.74, 6) is -0.555. The van der Waals surface area contributed by atoms with Gasteiger partial charge in [-0.3, -0.25) is 9.59 Å². The van der Waals surface area contributed by atoms with Crippen molar-refractivity contribution in [1.82, 2.24) is 10.2 Å². The van der Waals surface area contributed by atoms with E-state index in [0.717, 1.165) is 24.1 Å². The van der Waals surface area contributed by atoms with Crippen LogP contribution in [0.15, 0.2) is 77.3 Å². The van der Waals surface area contributed by atoms with Crippen LogP contribution in [0.1, 0.15) is 45.9 Å². The fraction of sp³-hybridized carbons (Fsp3) is 0.200. The van der Waals surface area contributed by atoms with E-state index < -0.39 is 11.9 Å². The molecule has 3 aromatic rings. The zero-order chi connectivity index (χ0) is 21.8. The third-order valence-corrected chi connectivity index (χ3v) is 5.91. The topological polar surface area (TPSA) is 49.4 Å². The monoisotopic (exact) mass is 480 g/mol. The Morgan fingerprint density at radius 3 is 2.58 bits per heavy atom. The van der Waals surface area contributed by atoms with Crippen LogP contribution in [0, 0.1) is 5.82 Å². The summed E-state index contributed by atoms with van der Waals surface area (Å²) >= 11 is 3.28. The van der Waals surface area contributed by atoms with Gasteiger partial charge in [-0.25, -0.2) is 4.39 Å². The number of halogens is 2. The average molecular weight is 481 g/mol. The molecule has 1 unspecified atom stereocenters. The summed E-state index contributed by atoms with van der Waals surface area (Å²) in [4.78, 5) is 26.8. The molecule has 1 atom stereocenters. The molecule has 1 fully saturated rings. The van der Waals surface area contributed by atoms with Crippen LogP contribution in [0.2, 0.25) is 0 Å². The van der Waals surface area contributed by atoms with Crippen LogP contribution in [0.5, 0.6) is 0 Å². The summed E-state index contributed by atoms with van der Waals surface area (Å²) in [5, 5.41) is 2.98. The number of nitrogens with zero attached hydrogens (tertiary/aromatic N) is 1. The summed E-state index contributed by atoms with van der Waals surface area (Å²) in [6, 6.07) is 20.8. The fourth-order valence-electron chi connectivity index (χ4n) is 3.84. The van der Waals surface area contributed by atoms with E-state index in [4.69, 9.17) is 0 Å². The van der Waals surface area contributed by atoms with E-state index in [1.165, 1.54) is 6.07 Å². The summed E-state index contributed by atoms with van der Waals surface area (Å²) < 4.78 is 15.4. The minimum absolute atomic E-state index is 0.143. The Bertz CT molecular complexity index is 1100. The van der Waals surface area contributed by atoms with Crippen molar-refractivity contribution >= 4 is 27.7 Å². The molecule has 158 valence electrons. The van der Waals surface area contributed by atoms with Crippen molar-refractivity contribution in [2.75, 3.05) is 6.54 Å². The summed E-state index contributed by atoms with van der Waals surface area (Å²) in [7, 11) is 0. The largest absolute Gasteiger partial charge is 0.341 e. The van der Waals surface area contributed by atoms with Gasteiger partial charge in [0.05, 0.1) is 6.04 Å². The molecule has 4 rings (SSSR count). The number of rotatable bonds is 6. The van der Waals surface area contributed by atoms with E-state index in [-0.39, 0.29) is 11.8 Å². The maximum Gasteiger partial charge on any atom is 0.252 e. The summed E-state index contributed by atoms with van der Waals surface area (Å²) in [6.07, 6.45) is 1.45. The third kappa shape index (κ3) is 5.02. The van der Waals surface area contributed by atoms with Crippen molar-refractivity contribution in [2.24, 2.45) is 0 Å². The lowest BCUT2D eigenvalue weighted by atomic mass is 9.97. The van der Waals surface area contributed by atoms with Gasteiger partial charge < -0.3 is 10.2 Å². The van der Waals surface area contributed by atoms with Gasteiger partial charge >= 0.3 is 0 Å². The first-order valence-corrected chi connectivity index (χ1v) is 11.0. The predicted molar refractivity (Wildman–Crippen MR) is 121 cm³/mol. The van der Waals surface area contributed by atoms with Gasteiger partial charge in [0, 0.05) is 35.1 Å². The molecule has 1 saturated heterocycles.